The molecule has 0 fully saturated rings. The van der Waals surface area contributed by atoms with E-state index in [9.17, 15) is 4.79 Å². The number of halogens is 4. The van der Waals surface area contributed by atoms with Gasteiger partial charge in [-0.2, -0.15) is 5.10 Å². The number of nitrogens with zero attached hydrogens (tertiary/aromatic N) is 1. The molecule has 4 nitrogen and oxygen atoms in total. The Kier molecular flexibility index (Phi) is 7.94. The van der Waals surface area contributed by atoms with Gasteiger partial charge in [0.1, 0.15) is 12.4 Å². The van der Waals surface area contributed by atoms with Crippen LogP contribution in [0.2, 0.25) is 10.0 Å². The quantitative estimate of drug-likeness (QED) is 0.252. The Balaban J connectivity index is 1.65. The fraction of sp³-hybridized carbons (Fsp3) is 0.0909. The van der Waals surface area contributed by atoms with E-state index in [1.807, 2.05) is 37.3 Å². The number of hydrogen-bond acceptors (Lipinski definition) is 3. The minimum absolute atomic E-state index is 0.308. The van der Waals surface area contributed by atoms with E-state index >= 15 is 0 Å². The molecular weight excluding hydrogens is 555 g/mol. The topological polar surface area (TPSA) is 50.7 Å². The summed E-state index contributed by atoms with van der Waals surface area (Å²) in [6.07, 6.45) is 1.54. The smallest absolute Gasteiger partial charge is 0.271 e. The summed E-state index contributed by atoms with van der Waals surface area (Å²) in [7, 11) is 0. The molecule has 0 aliphatic carbocycles. The molecule has 0 heterocycles. The van der Waals surface area contributed by atoms with Crippen LogP contribution in [0.4, 0.5) is 0 Å². The van der Waals surface area contributed by atoms with Crippen molar-refractivity contribution < 1.29 is 9.53 Å². The van der Waals surface area contributed by atoms with Gasteiger partial charge in [0.25, 0.3) is 5.91 Å². The van der Waals surface area contributed by atoms with Crippen LogP contribution in [0.1, 0.15) is 27.0 Å². The summed E-state index contributed by atoms with van der Waals surface area (Å²) in [4.78, 5) is 12.2. The number of hydrogen-bond donors (Lipinski definition) is 1. The first-order valence-electron chi connectivity index (χ1n) is 8.79. The Labute approximate surface area is 201 Å². The molecule has 30 heavy (non-hydrogen) atoms. The fourth-order valence-electron chi connectivity index (χ4n) is 2.62. The maximum atomic E-state index is 12.2. The summed E-state index contributed by atoms with van der Waals surface area (Å²) in [5.41, 5.74) is 5.87. The van der Waals surface area contributed by atoms with Crippen LogP contribution in [0, 0.1) is 6.92 Å². The molecule has 8 heteroatoms. The second-order valence-electron chi connectivity index (χ2n) is 6.42. The van der Waals surface area contributed by atoms with Gasteiger partial charge in [-0.25, -0.2) is 5.43 Å². The van der Waals surface area contributed by atoms with Crippen LogP contribution >= 0.6 is 55.1 Å². The first-order chi connectivity index (χ1) is 14.3. The van der Waals surface area contributed by atoms with Gasteiger partial charge >= 0.3 is 0 Å². The van der Waals surface area contributed by atoms with E-state index in [4.69, 9.17) is 27.9 Å². The molecule has 0 radical (unpaired) electrons. The normalized spacial score (nSPS) is 11.0. The number of amides is 1. The molecule has 0 aliphatic rings. The van der Waals surface area contributed by atoms with Crippen LogP contribution in [0.5, 0.6) is 5.75 Å². The zero-order valence-electron chi connectivity index (χ0n) is 15.8. The maximum Gasteiger partial charge on any atom is 0.271 e. The van der Waals surface area contributed by atoms with Gasteiger partial charge in [0.2, 0.25) is 0 Å². The SMILES string of the molecule is Cc1cccc(COc2c(Br)cc(/C=N\NC(=O)c3ccc(Cl)c(Cl)c3)cc2Br)c1. The highest BCUT2D eigenvalue weighted by atomic mass is 79.9. The number of carbonyl (C=O) groups excluding carboxylic acids is 1. The second kappa shape index (κ2) is 10.4. The molecular formula is C22H16Br2Cl2N2O2. The van der Waals surface area contributed by atoms with E-state index in [1.54, 1.807) is 12.1 Å². The molecule has 3 aromatic carbocycles. The lowest BCUT2D eigenvalue weighted by atomic mass is 10.1. The Morgan fingerprint density at radius 2 is 1.80 bits per heavy atom. The molecule has 3 aromatic rings. The third-order valence-electron chi connectivity index (χ3n) is 4.05. The Morgan fingerprint density at radius 3 is 2.47 bits per heavy atom. The van der Waals surface area contributed by atoms with Crippen molar-refractivity contribution in [2.45, 2.75) is 13.5 Å². The molecule has 0 aliphatic heterocycles. The predicted octanol–water partition coefficient (Wildman–Crippen LogP) is 7.17. The highest BCUT2D eigenvalue weighted by molar-refractivity contribution is 9.11. The van der Waals surface area contributed by atoms with E-state index in [0.717, 1.165) is 20.1 Å². The summed E-state index contributed by atoms with van der Waals surface area (Å²) in [6, 6.07) is 16.5. The number of nitrogens with one attached hydrogen (secondary N) is 1. The zero-order chi connectivity index (χ0) is 21.7. The van der Waals surface area contributed by atoms with E-state index < -0.39 is 0 Å². The Bertz CT molecular complexity index is 1100. The third kappa shape index (κ3) is 6.08. The van der Waals surface area contributed by atoms with Gasteiger partial charge < -0.3 is 4.74 Å². The molecule has 3 rings (SSSR count). The van der Waals surface area contributed by atoms with Crippen LogP contribution in [0.3, 0.4) is 0 Å². The average molecular weight is 571 g/mol. The first-order valence-corrected chi connectivity index (χ1v) is 11.1. The Hall–Kier alpha value is -1.86. The van der Waals surface area contributed by atoms with E-state index in [1.165, 1.54) is 17.8 Å². The maximum absolute atomic E-state index is 12.2. The van der Waals surface area contributed by atoms with Crippen LogP contribution in [-0.2, 0) is 6.61 Å². The van der Waals surface area contributed by atoms with Crippen molar-refractivity contribution in [1.29, 1.82) is 0 Å². The van der Waals surface area contributed by atoms with Crippen molar-refractivity contribution in [2.75, 3.05) is 0 Å². The van der Waals surface area contributed by atoms with Crippen LogP contribution in [0.25, 0.3) is 0 Å². The first kappa shape index (κ1) is 22.8. The lowest BCUT2D eigenvalue weighted by Crippen LogP contribution is -2.17. The minimum Gasteiger partial charge on any atom is -0.487 e. The number of benzene rings is 3. The van der Waals surface area contributed by atoms with Gasteiger partial charge in [-0.3, -0.25) is 4.79 Å². The van der Waals surface area contributed by atoms with Crippen molar-refractivity contribution in [3.05, 3.63) is 95.8 Å². The van der Waals surface area contributed by atoms with Gasteiger partial charge in [0.15, 0.2) is 0 Å². The van der Waals surface area contributed by atoms with Crippen molar-refractivity contribution in [1.82, 2.24) is 5.43 Å². The van der Waals surface area contributed by atoms with Crippen molar-refractivity contribution in [2.24, 2.45) is 5.10 Å². The zero-order valence-corrected chi connectivity index (χ0v) is 20.4. The van der Waals surface area contributed by atoms with Gasteiger partial charge in [-0.15, -0.1) is 0 Å². The van der Waals surface area contributed by atoms with Gasteiger partial charge in [-0.05, 0) is 80.2 Å². The monoisotopic (exact) mass is 568 g/mol. The Morgan fingerprint density at radius 1 is 1.07 bits per heavy atom. The molecule has 0 aromatic heterocycles. The largest absolute Gasteiger partial charge is 0.487 e. The third-order valence-corrected chi connectivity index (χ3v) is 5.96. The summed E-state index contributed by atoms with van der Waals surface area (Å²) in [6.45, 7) is 2.50. The molecule has 0 saturated carbocycles. The van der Waals surface area contributed by atoms with E-state index in [2.05, 4.69) is 48.5 Å². The molecule has 0 atom stereocenters. The second-order valence-corrected chi connectivity index (χ2v) is 8.94. The fourth-order valence-corrected chi connectivity index (χ4v) is 4.37. The van der Waals surface area contributed by atoms with Crippen molar-refractivity contribution in [3.8, 4) is 5.75 Å². The summed E-state index contributed by atoms with van der Waals surface area (Å²) >= 11 is 18.9. The van der Waals surface area contributed by atoms with E-state index in [0.29, 0.717) is 28.0 Å². The molecule has 0 saturated heterocycles. The average Bonchev–Trinajstić information content (AvgIpc) is 2.69. The summed E-state index contributed by atoms with van der Waals surface area (Å²) < 4.78 is 7.48. The van der Waals surface area contributed by atoms with E-state index in [-0.39, 0.29) is 5.91 Å². The van der Waals surface area contributed by atoms with Gasteiger partial charge in [0.05, 0.1) is 25.2 Å². The summed E-state index contributed by atoms with van der Waals surface area (Å²) in [5, 5.41) is 4.70. The lowest BCUT2D eigenvalue weighted by Gasteiger charge is -2.11. The van der Waals surface area contributed by atoms with Crippen LogP contribution in [-0.4, -0.2) is 12.1 Å². The molecule has 0 unspecified atom stereocenters. The van der Waals surface area contributed by atoms with Gasteiger partial charge in [0, 0.05) is 5.56 Å². The lowest BCUT2D eigenvalue weighted by molar-refractivity contribution is 0.0955. The number of aryl methyl sites for hydroxylation is 1. The number of carbonyl (C=O) groups is 1. The highest BCUT2D eigenvalue weighted by Gasteiger charge is 2.10. The standard InChI is InChI=1S/C22H16Br2Cl2N2O2/c1-13-3-2-4-14(7-13)12-30-21-17(23)8-15(9-18(21)24)11-27-28-22(29)16-5-6-19(25)20(26)10-16/h2-11H,12H2,1H3,(H,28,29)/b27-11-. The predicted molar refractivity (Wildman–Crippen MR) is 129 cm³/mol. The van der Waals surface area contributed by atoms with Crippen molar-refractivity contribution in [3.63, 3.8) is 0 Å². The minimum atomic E-state index is -0.388. The van der Waals surface area contributed by atoms with Gasteiger partial charge in [-0.1, -0.05) is 53.0 Å². The van der Waals surface area contributed by atoms with Crippen LogP contribution < -0.4 is 10.2 Å². The number of rotatable bonds is 6. The molecule has 1 N–H and O–H groups in total. The summed E-state index contributed by atoms with van der Waals surface area (Å²) in [5.74, 6) is 0.301. The molecule has 154 valence electrons. The number of ether oxygens (including phenoxy) is 1. The molecule has 0 spiro atoms. The number of hydrazone groups is 1. The highest BCUT2D eigenvalue weighted by Crippen LogP contribution is 2.35. The van der Waals surface area contributed by atoms with Crippen molar-refractivity contribution >= 4 is 67.2 Å². The molecule has 1 amide bonds. The molecule has 0 bridgehead atoms. The van der Waals surface area contributed by atoms with Crippen LogP contribution in [0.15, 0.2) is 68.6 Å².